The third kappa shape index (κ3) is 3.94. The van der Waals surface area contributed by atoms with Gasteiger partial charge in [-0.25, -0.2) is 15.0 Å². The molecule has 27 heavy (non-hydrogen) atoms. The highest BCUT2D eigenvalue weighted by molar-refractivity contribution is 5.92. The summed E-state index contributed by atoms with van der Waals surface area (Å²) in [7, 11) is 0. The molecule has 138 valence electrons. The Bertz CT molecular complexity index is 925. The molecule has 0 radical (unpaired) electrons. The van der Waals surface area contributed by atoms with Gasteiger partial charge in [0, 0.05) is 49.8 Å². The minimum atomic E-state index is -0.0608. The summed E-state index contributed by atoms with van der Waals surface area (Å²) < 4.78 is 1.97. The van der Waals surface area contributed by atoms with Crippen LogP contribution in [0.1, 0.15) is 21.9 Å². The number of rotatable bonds is 4. The Morgan fingerprint density at radius 1 is 1.15 bits per heavy atom. The first-order valence-electron chi connectivity index (χ1n) is 8.93. The van der Waals surface area contributed by atoms with Gasteiger partial charge in [-0.1, -0.05) is 6.07 Å². The lowest BCUT2D eigenvalue weighted by atomic mass is 10.1. The first-order valence-corrected chi connectivity index (χ1v) is 8.93. The van der Waals surface area contributed by atoms with Gasteiger partial charge >= 0.3 is 0 Å². The van der Waals surface area contributed by atoms with Gasteiger partial charge in [0.15, 0.2) is 0 Å². The quantitative estimate of drug-likeness (QED) is 0.760. The summed E-state index contributed by atoms with van der Waals surface area (Å²) in [6.07, 6.45) is 5.18. The lowest BCUT2D eigenvalue weighted by molar-refractivity contribution is 0.0718. The monoisotopic (exact) mass is 363 g/mol. The minimum absolute atomic E-state index is 0.0608. The second kappa shape index (κ2) is 7.53. The molecule has 0 saturated heterocycles. The van der Waals surface area contributed by atoms with Crippen LogP contribution >= 0.6 is 0 Å². The van der Waals surface area contributed by atoms with Gasteiger partial charge in [-0.05, 0) is 31.2 Å². The van der Waals surface area contributed by atoms with E-state index in [1.54, 1.807) is 30.7 Å². The number of carbonyl (C=O) groups excluding carboxylic acids is 1. The minimum Gasteiger partial charge on any atom is -0.354 e. The molecule has 0 bridgehead atoms. The van der Waals surface area contributed by atoms with Gasteiger partial charge in [0.2, 0.25) is 5.95 Å². The molecule has 1 aliphatic heterocycles. The fourth-order valence-electron chi connectivity index (χ4n) is 3.27. The van der Waals surface area contributed by atoms with Gasteiger partial charge in [-0.2, -0.15) is 5.10 Å². The standard InChI is InChI=1S/C19H21N7O/c1-14-4-2-5-17(24-14)18(27)25-11-15(10-22-19-20-7-3-8-21-19)12-26-16(13-25)6-9-23-26/h2-9,15H,10-13H2,1H3,(H,20,21,22). The number of nitrogens with zero attached hydrogens (tertiary/aromatic N) is 6. The van der Waals surface area contributed by atoms with Crippen molar-refractivity contribution in [1.29, 1.82) is 0 Å². The number of hydrogen-bond donors (Lipinski definition) is 1. The first kappa shape index (κ1) is 17.1. The van der Waals surface area contributed by atoms with Gasteiger partial charge in [0.05, 0.1) is 12.2 Å². The summed E-state index contributed by atoms with van der Waals surface area (Å²) in [5, 5.41) is 7.66. The zero-order chi connectivity index (χ0) is 18.6. The number of pyridine rings is 1. The molecule has 1 unspecified atom stereocenters. The molecule has 1 aliphatic rings. The van der Waals surface area contributed by atoms with Crippen molar-refractivity contribution in [1.82, 2.24) is 29.6 Å². The zero-order valence-electron chi connectivity index (χ0n) is 15.1. The lowest BCUT2D eigenvalue weighted by Crippen LogP contribution is -2.36. The van der Waals surface area contributed by atoms with Crippen LogP contribution in [0.15, 0.2) is 48.9 Å². The van der Waals surface area contributed by atoms with Gasteiger partial charge in [-0.15, -0.1) is 0 Å². The maximum atomic E-state index is 13.0. The van der Waals surface area contributed by atoms with E-state index in [0.29, 0.717) is 31.3 Å². The van der Waals surface area contributed by atoms with Crippen LogP contribution in [-0.4, -0.2) is 48.6 Å². The molecule has 3 aromatic rings. The molecule has 4 rings (SSSR count). The molecule has 1 atom stereocenters. The number of carbonyl (C=O) groups is 1. The average molecular weight is 363 g/mol. The molecule has 1 N–H and O–H groups in total. The summed E-state index contributed by atoms with van der Waals surface area (Å²) in [6, 6.07) is 9.26. The molecule has 8 heteroatoms. The average Bonchev–Trinajstić information content (AvgIpc) is 3.04. The Morgan fingerprint density at radius 3 is 2.81 bits per heavy atom. The Morgan fingerprint density at radius 2 is 2.00 bits per heavy atom. The summed E-state index contributed by atoms with van der Waals surface area (Å²) in [5.41, 5.74) is 2.33. The number of aromatic nitrogens is 5. The van der Waals surface area contributed by atoms with Crippen LogP contribution in [0.5, 0.6) is 0 Å². The highest BCUT2D eigenvalue weighted by Gasteiger charge is 2.27. The molecular weight excluding hydrogens is 342 g/mol. The maximum absolute atomic E-state index is 13.0. The van der Waals surface area contributed by atoms with Crippen LogP contribution < -0.4 is 5.32 Å². The predicted octanol–water partition coefficient (Wildman–Crippen LogP) is 1.76. The highest BCUT2D eigenvalue weighted by Crippen LogP contribution is 2.18. The summed E-state index contributed by atoms with van der Waals surface area (Å²) >= 11 is 0. The molecule has 4 heterocycles. The van der Waals surface area contributed by atoms with Crippen LogP contribution in [0.4, 0.5) is 5.95 Å². The van der Waals surface area contributed by atoms with E-state index in [2.05, 4.69) is 25.4 Å². The van der Waals surface area contributed by atoms with Crippen LogP contribution in [0.25, 0.3) is 0 Å². The number of fused-ring (bicyclic) bond motifs is 1. The summed E-state index contributed by atoms with van der Waals surface area (Å²) in [4.78, 5) is 27.7. The fourth-order valence-corrected chi connectivity index (χ4v) is 3.27. The van der Waals surface area contributed by atoms with E-state index in [1.165, 1.54) is 0 Å². The van der Waals surface area contributed by atoms with Crippen molar-refractivity contribution in [3.63, 3.8) is 0 Å². The van der Waals surface area contributed by atoms with Crippen LogP contribution in [0, 0.1) is 12.8 Å². The molecule has 0 spiro atoms. The number of amides is 1. The van der Waals surface area contributed by atoms with E-state index in [-0.39, 0.29) is 11.8 Å². The normalized spacial score (nSPS) is 16.5. The van der Waals surface area contributed by atoms with Crippen molar-refractivity contribution in [3.8, 4) is 0 Å². The Balaban J connectivity index is 1.54. The second-order valence-corrected chi connectivity index (χ2v) is 6.67. The molecule has 0 aliphatic carbocycles. The summed E-state index contributed by atoms with van der Waals surface area (Å²) in [6.45, 7) is 4.40. The topological polar surface area (TPSA) is 88.8 Å². The number of hydrogen-bond acceptors (Lipinski definition) is 6. The Labute approximate surface area is 157 Å². The Hall–Kier alpha value is -3.29. The first-order chi connectivity index (χ1) is 13.2. The van der Waals surface area contributed by atoms with Gasteiger partial charge < -0.3 is 10.2 Å². The van der Waals surface area contributed by atoms with E-state index in [4.69, 9.17) is 0 Å². The van der Waals surface area contributed by atoms with Crippen molar-refractivity contribution >= 4 is 11.9 Å². The predicted molar refractivity (Wildman–Crippen MR) is 100.0 cm³/mol. The molecule has 0 aromatic carbocycles. The molecule has 3 aromatic heterocycles. The third-order valence-electron chi connectivity index (χ3n) is 4.58. The Kier molecular flexibility index (Phi) is 4.78. The largest absolute Gasteiger partial charge is 0.354 e. The third-order valence-corrected chi connectivity index (χ3v) is 4.58. The van der Waals surface area contributed by atoms with Crippen molar-refractivity contribution in [2.24, 2.45) is 5.92 Å². The molecular formula is C19H21N7O. The second-order valence-electron chi connectivity index (χ2n) is 6.67. The lowest BCUT2D eigenvalue weighted by Gasteiger charge is -2.24. The molecule has 0 saturated carbocycles. The van der Waals surface area contributed by atoms with Crippen LogP contribution in [-0.2, 0) is 13.1 Å². The zero-order valence-corrected chi connectivity index (χ0v) is 15.1. The van der Waals surface area contributed by atoms with E-state index in [1.807, 2.05) is 34.7 Å². The van der Waals surface area contributed by atoms with E-state index >= 15 is 0 Å². The SMILES string of the molecule is Cc1cccc(C(=O)N2Cc3ccnn3CC(CNc3ncccn3)C2)n1. The summed E-state index contributed by atoms with van der Waals surface area (Å²) in [5.74, 6) is 0.693. The fraction of sp³-hybridized carbons (Fsp3) is 0.316. The number of anilines is 1. The van der Waals surface area contributed by atoms with Gasteiger partial charge in [0.1, 0.15) is 5.69 Å². The van der Waals surface area contributed by atoms with E-state index < -0.39 is 0 Å². The molecule has 1 amide bonds. The van der Waals surface area contributed by atoms with Gasteiger partial charge in [-0.3, -0.25) is 9.48 Å². The molecule has 0 fully saturated rings. The van der Waals surface area contributed by atoms with Gasteiger partial charge in [0.25, 0.3) is 5.91 Å². The smallest absolute Gasteiger partial charge is 0.272 e. The van der Waals surface area contributed by atoms with Crippen LogP contribution in [0.3, 0.4) is 0 Å². The van der Waals surface area contributed by atoms with Crippen molar-refractivity contribution in [2.45, 2.75) is 20.0 Å². The maximum Gasteiger partial charge on any atom is 0.272 e. The number of nitrogens with one attached hydrogen (secondary N) is 1. The van der Waals surface area contributed by atoms with E-state index in [0.717, 1.165) is 17.9 Å². The molecule has 8 nitrogen and oxygen atoms in total. The highest BCUT2D eigenvalue weighted by atomic mass is 16.2. The van der Waals surface area contributed by atoms with Crippen molar-refractivity contribution < 1.29 is 4.79 Å². The van der Waals surface area contributed by atoms with Crippen molar-refractivity contribution in [2.75, 3.05) is 18.4 Å². The van der Waals surface area contributed by atoms with E-state index in [9.17, 15) is 4.79 Å². The van der Waals surface area contributed by atoms with Crippen LogP contribution in [0.2, 0.25) is 0 Å². The van der Waals surface area contributed by atoms with Crippen molar-refractivity contribution in [3.05, 3.63) is 66.0 Å². The number of aryl methyl sites for hydroxylation is 1.